The lowest BCUT2D eigenvalue weighted by molar-refractivity contribution is 0.525. The Bertz CT molecular complexity index is 570. The molecule has 106 valence electrons. The summed E-state index contributed by atoms with van der Waals surface area (Å²) in [6, 6.07) is 9.44. The minimum atomic E-state index is 0.701. The molecular weight excluding hydrogens is 264 g/mol. The van der Waals surface area contributed by atoms with E-state index < -0.39 is 0 Å². The van der Waals surface area contributed by atoms with Crippen LogP contribution in [0.2, 0.25) is 0 Å². The standard InChI is InChI=1S/C17H22N2S/c1-2-20-17-6-5-16(10-17)19-11-13-3-4-15-12-18-8-7-14(15)9-13/h3-4,7-9,12,16-17,19H,2,5-6,10-11H2,1H3. The summed E-state index contributed by atoms with van der Waals surface area (Å²) in [7, 11) is 0. The van der Waals surface area contributed by atoms with Crippen molar-refractivity contribution in [3.8, 4) is 0 Å². The van der Waals surface area contributed by atoms with E-state index in [0.717, 1.165) is 11.8 Å². The van der Waals surface area contributed by atoms with Gasteiger partial charge in [-0.3, -0.25) is 4.98 Å². The lowest BCUT2D eigenvalue weighted by atomic mass is 10.1. The predicted molar refractivity (Wildman–Crippen MR) is 88.1 cm³/mol. The Hall–Kier alpha value is -1.06. The zero-order chi connectivity index (χ0) is 13.8. The second kappa shape index (κ2) is 6.59. The maximum Gasteiger partial charge on any atom is 0.0346 e. The molecule has 0 saturated heterocycles. The molecular formula is C17H22N2S. The Morgan fingerprint density at radius 3 is 3.10 bits per heavy atom. The zero-order valence-electron chi connectivity index (χ0n) is 12.0. The molecule has 2 aromatic rings. The highest BCUT2D eigenvalue weighted by atomic mass is 32.2. The van der Waals surface area contributed by atoms with Crippen LogP contribution in [0.25, 0.3) is 10.8 Å². The van der Waals surface area contributed by atoms with Crippen LogP contribution < -0.4 is 5.32 Å². The number of benzene rings is 1. The molecule has 1 fully saturated rings. The van der Waals surface area contributed by atoms with E-state index in [1.54, 1.807) is 0 Å². The van der Waals surface area contributed by atoms with Crippen LogP contribution in [0.1, 0.15) is 31.7 Å². The first-order valence-corrected chi connectivity index (χ1v) is 8.57. The first-order chi connectivity index (χ1) is 9.85. The van der Waals surface area contributed by atoms with E-state index in [2.05, 4.69) is 53.3 Å². The Morgan fingerprint density at radius 2 is 2.20 bits per heavy atom. The van der Waals surface area contributed by atoms with Crippen molar-refractivity contribution in [1.82, 2.24) is 10.3 Å². The summed E-state index contributed by atoms with van der Waals surface area (Å²) in [6.07, 6.45) is 7.82. The van der Waals surface area contributed by atoms with Crippen LogP contribution in [0, 0.1) is 0 Å². The van der Waals surface area contributed by atoms with E-state index in [4.69, 9.17) is 0 Å². The van der Waals surface area contributed by atoms with Crippen LogP contribution in [0.5, 0.6) is 0 Å². The summed E-state index contributed by atoms with van der Waals surface area (Å²) < 4.78 is 0. The minimum absolute atomic E-state index is 0.701. The van der Waals surface area contributed by atoms with Crippen LogP contribution in [-0.2, 0) is 6.54 Å². The number of rotatable bonds is 5. The Labute approximate surface area is 125 Å². The first-order valence-electron chi connectivity index (χ1n) is 7.53. The highest BCUT2D eigenvalue weighted by molar-refractivity contribution is 7.99. The van der Waals surface area contributed by atoms with Crippen molar-refractivity contribution in [2.75, 3.05) is 5.75 Å². The van der Waals surface area contributed by atoms with Crippen LogP contribution in [-0.4, -0.2) is 22.0 Å². The third kappa shape index (κ3) is 3.33. The molecule has 0 spiro atoms. The lowest BCUT2D eigenvalue weighted by Gasteiger charge is -2.13. The highest BCUT2D eigenvalue weighted by Gasteiger charge is 2.23. The zero-order valence-corrected chi connectivity index (χ0v) is 12.8. The average molecular weight is 286 g/mol. The predicted octanol–water partition coefficient (Wildman–Crippen LogP) is 4.00. The molecule has 1 N–H and O–H groups in total. The summed E-state index contributed by atoms with van der Waals surface area (Å²) in [5.41, 5.74) is 1.37. The molecule has 2 nitrogen and oxygen atoms in total. The number of nitrogens with one attached hydrogen (secondary N) is 1. The molecule has 0 bridgehead atoms. The van der Waals surface area contributed by atoms with Crippen LogP contribution >= 0.6 is 11.8 Å². The normalized spacial score (nSPS) is 22.4. The second-order valence-electron chi connectivity index (χ2n) is 5.53. The Kier molecular flexibility index (Phi) is 4.58. The number of hydrogen-bond acceptors (Lipinski definition) is 3. The van der Waals surface area contributed by atoms with Gasteiger partial charge in [-0.1, -0.05) is 19.1 Å². The Morgan fingerprint density at radius 1 is 1.25 bits per heavy atom. The van der Waals surface area contributed by atoms with E-state index in [1.807, 2.05) is 12.4 Å². The summed E-state index contributed by atoms with van der Waals surface area (Å²) in [4.78, 5) is 4.16. The minimum Gasteiger partial charge on any atom is -0.310 e. The van der Waals surface area contributed by atoms with Gasteiger partial charge >= 0.3 is 0 Å². The molecule has 0 aliphatic heterocycles. The number of hydrogen-bond donors (Lipinski definition) is 1. The van der Waals surface area contributed by atoms with E-state index in [1.165, 1.54) is 41.4 Å². The fourth-order valence-electron chi connectivity index (χ4n) is 3.02. The summed E-state index contributed by atoms with van der Waals surface area (Å²) in [5.74, 6) is 1.25. The van der Waals surface area contributed by atoms with E-state index in [-0.39, 0.29) is 0 Å². The van der Waals surface area contributed by atoms with E-state index >= 15 is 0 Å². The molecule has 0 radical (unpaired) electrons. The molecule has 1 aromatic heterocycles. The van der Waals surface area contributed by atoms with Gasteiger partial charge in [-0.15, -0.1) is 0 Å². The van der Waals surface area contributed by atoms with Crippen LogP contribution in [0.3, 0.4) is 0 Å². The van der Waals surface area contributed by atoms with Crippen molar-refractivity contribution < 1.29 is 0 Å². The number of nitrogens with zero attached hydrogens (tertiary/aromatic N) is 1. The van der Waals surface area contributed by atoms with Crippen molar-refractivity contribution in [3.63, 3.8) is 0 Å². The fraction of sp³-hybridized carbons (Fsp3) is 0.471. The average Bonchev–Trinajstić information content (AvgIpc) is 2.93. The highest BCUT2D eigenvalue weighted by Crippen LogP contribution is 2.29. The van der Waals surface area contributed by atoms with E-state index in [9.17, 15) is 0 Å². The van der Waals surface area contributed by atoms with Crippen molar-refractivity contribution >= 4 is 22.5 Å². The van der Waals surface area contributed by atoms with Crippen molar-refractivity contribution in [2.24, 2.45) is 0 Å². The van der Waals surface area contributed by atoms with Gasteiger partial charge in [0.05, 0.1) is 0 Å². The van der Waals surface area contributed by atoms with Gasteiger partial charge in [0.15, 0.2) is 0 Å². The molecule has 2 unspecified atom stereocenters. The second-order valence-corrected chi connectivity index (χ2v) is 7.10. The van der Waals surface area contributed by atoms with Gasteiger partial charge in [-0.05, 0) is 48.1 Å². The van der Waals surface area contributed by atoms with Gasteiger partial charge in [0.2, 0.25) is 0 Å². The molecule has 3 rings (SSSR count). The summed E-state index contributed by atoms with van der Waals surface area (Å²) in [6.45, 7) is 3.24. The van der Waals surface area contributed by atoms with Gasteiger partial charge in [0.1, 0.15) is 0 Å². The number of aromatic nitrogens is 1. The Balaban J connectivity index is 1.57. The van der Waals surface area contributed by atoms with Gasteiger partial charge in [0, 0.05) is 35.6 Å². The maximum atomic E-state index is 4.16. The number of fused-ring (bicyclic) bond motifs is 1. The molecule has 3 heteroatoms. The van der Waals surface area contributed by atoms with Crippen molar-refractivity contribution in [3.05, 3.63) is 42.2 Å². The van der Waals surface area contributed by atoms with Gasteiger partial charge in [-0.25, -0.2) is 0 Å². The van der Waals surface area contributed by atoms with Crippen LogP contribution in [0.4, 0.5) is 0 Å². The maximum absolute atomic E-state index is 4.16. The van der Waals surface area contributed by atoms with Crippen LogP contribution in [0.15, 0.2) is 36.7 Å². The number of pyridine rings is 1. The third-order valence-corrected chi connectivity index (χ3v) is 5.32. The first kappa shape index (κ1) is 13.9. The van der Waals surface area contributed by atoms with Gasteiger partial charge < -0.3 is 5.32 Å². The quantitative estimate of drug-likeness (QED) is 0.899. The van der Waals surface area contributed by atoms with Crippen molar-refractivity contribution in [1.29, 1.82) is 0 Å². The third-order valence-electron chi connectivity index (χ3n) is 4.09. The largest absolute Gasteiger partial charge is 0.310 e. The molecule has 1 heterocycles. The molecule has 1 aliphatic rings. The SMILES string of the molecule is CCSC1CCC(NCc2ccc3cnccc3c2)C1. The molecule has 2 atom stereocenters. The topological polar surface area (TPSA) is 24.9 Å². The fourth-order valence-corrected chi connectivity index (χ4v) is 4.16. The lowest BCUT2D eigenvalue weighted by Crippen LogP contribution is -2.26. The van der Waals surface area contributed by atoms with Gasteiger partial charge in [-0.2, -0.15) is 11.8 Å². The molecule has 0 amide bonds. The molecule has 20 heavy (non-hydrogen) atoms. The number of thioether (sulfide) groups is 1. The molecule has 1 aromatic carbocycles. The summed E-state index contributed by atoms with van der Waals surface area (Å²) >= 11 is 2.12. The summed E-state index contributed by atoms with van der Waals surface area (Å²) in [5, 5.41) is 7.10. The molecule has 1 saturated carbocycles. The van der Waals surface area contributed by atoms with Gasteiger partial charge in [0.25, 0.3) is 0 Å². The monoisotopic (exact) mass is 286 g/mol. The smallest absolute Gasteiger partial charge is 0.0346 e. The van der Waals surface area contributed by atoms with E-state index in [0.29, 0.717) is 6.04 Å². The molecule has 1 aliphatic carbocycles. The van der Waals surface area contributed by atoms with Crippen molar-refractivity contribution in [2.45, 2.75) is 44.0 Å².